The monoisotopic (exact) mass is 283 g/mol. The van der Waals surface area contributed by atoms with Crippen LogP contribution in [0.3, 0.4) is 0 Å². The zero-order valence-electron chi connectivity index (χ0n) is 9.25. The predicted octanol–water partition coefficient (Wildman–Crippen LogP) is 3.34. The molecule has 1 unspecified atom stereocenters. The summed E-state index contributed by atoms with van der Waals surface area (Å²) >= 11 is 3.44. The Hall–Kier alpha value is -1.03. The average molecular weight is 284 g/mol. The average Bonchev–Trinajstić information content (AvgIpc) is 2.36. The van der Waals surface area contributed by atoms with Gasteiger partial charge in [-0.15, -0.1) is 0 Å². The Morgan fingerprint density at radius 1 is 1.56 bits per heavy atom. The third kappa shape index (κ3) is 1.94. The van der Waals surface area contributed by atoms with Gasteiger partial charge in [-0.25, -0.2) is 4.79 Å². The topological polar surface area (TPSA) is 49.3 Å². The fourth-order valence-corrected chi connectivity index (χ4v) is 2.83. The molecule has 16 heavy (non-hydrogen) atoms. The molecule has 86 valence electrons. The molecule has 0 bridgehead atoms. The van der Waals surface area contributed by atoms with Gasteiger partial charge in [0.1, 0.15) is 0 Å². The number of carboxylic acid groups (broad SMARTS) is 1. The van der Waals surface area contributed by atoms with Crippen molar-refractivity contribution in [1.82, 2.24) is 5.32 Å². The zero-order chi connectivity index (χ0) is 11.9. The van der Waals surface area contributed by atoms with Crippen LogP contribution in [0.4, 0.5) is 4.79 Å². The van der Waals surface area contributed by atoms with Crippen LogP contribution < -0.4 is 5.32 Å². The van der Waals surface area contributed by atoms with Crippen molar-refractivity contribution in [3.05, 3.63) is 33.8 Å². The van der Waals surface area contributed by atoms with E-state index in [1.54, 1.807) is 0 Å². The van der Waals surface area contributed by atoms with Crippen LogP contribution in [0.15, 0.2) is 22.7 Å². The van der Waals surface area contributed by atoms with E-state index in [-0.39, 0.29) is 11.5 Å². The van der Waals surface area contributed by atoms with E-state index in [0.717, 1.165) is 16.5 Å². The molecule has 0 aliphatic heterocycles. The van der Waals surface area contributed by atoms with Crippen LogP contribution >= 0.6 is 15.9 Å². The van der Waals surface area contributed by atoms with E-state index in [0.29, 0.717) is 0 Å². The number of carbonyl (C=O) groups is 1. The van der Waals surface area contributed by atoms with Crippen molar-refractivity contribution in [3.8, 4) is 0 Å². The fraction of sp³-hybridized carbons (Fsp3) is 0.417. The van der Waals surface area contributed by atoms with E-state index >= 15 is 0 Å². The van der Waals surface area contributed by atoms with Crippen LogP contribution in [-0.2, 0) is 6.42 Å². The molecule has 0 aromatic heterocycles. The molecule has 1 amide bonds. The molecule has 1 aromatic rings. The zero-order valence-corrected chi connectivity index (χ0v) is 10.8. The highest BCUT2D eigenvalue weighted by Gasteiger charge is 2.39. The number of halogens is 1. The van der Waals surface area contributed by atoms with Gasteiger partial charge in [0.15, 0.2) is 0 Å². The van der Waals surface area contributed by atoms with Gasteiger partial charge in [0.05, 0.1) is 6.04 Å². The Morgan fingerprint density at radius 3 is 2.88 bits per heavy atom. The summed E-state index contributed by atoms with van der Waals surface area (Å²) in [4.78, 5) is 10.8. The van der Waals surface area contributed by atoms with E-state index in [1.165, 1.54) is 5.56 Å². The fourth-order valence-electron chi connectivity index (χ4n) is 2.42. The largest absolute Gasteiger partial charge is 0.465 e. The van der Waals surface area contributed by atoms with Crippen LogP contribution in [0.2, 0.25) is 0 Å². The molecule has 0 radical (unpaired) electrons. The summed E-state index contributed by atoms with van der Waals surface area (Å²) in [5.74, 6) is 0. The van der Waals surface area contributed by atoms with Crippen LogP contribution in [0.5, 0.6) is 0 Å². The third-order valence-corrected chi connectivity index (χ3v) is 3.60. The van der Waals surface area contributed by atoms with Crippen molar-refractivity contribution in [2.45, 2.75) is 26.3 Å². The lowest BCUT2D eigenvalue weighted by atomic mass is 9.85. The molecule has 1 aliphatic carbocycles. The molecule has 0 heterocycles. The van der Waals surface area contributed by atoms with Crippen LogP contribution in [0.25, 0.3) is 0 Å². The van der Waals surface area contributed by atoms with E-state index in [9.17, 15) is 4.79 Å². The minimum absolute atomic E-state index is 0.0679. The lowest BCUT2D eigenvalue weighted by molar-refractivity contribution is 0.175. The van der Waals surface area contributed by atoms with Gasteiger partial charge in [-0.2, -0.15) is 0 Å². The molecular formula is C12H14BrNO2. The lowest BCUT2D eigenvalue weighted by Gasteiger charge is -2.27. The normalized spacial score (nSPS) is 21.6. The van der Waals surface area contributed by atoms with E-state index in [1.807, 2.05) is 12.1 Å². The minimum Gasteiger partial charge on any atom is -0.465 e. The second-order valence-electron chi connectivity index (χ2n) is 4.89. The number of hydrogen-bond donors (Lipinski definition) is 2. The van der Waals surface area contributed by atoms with Gasteiger partial charge in [-0.3, -0.25) is 0 Å². The van der Waals surface area contributed by atoms with Crippen LogP contribution in [-0.4, -0.2) is 11.2 Å². The Labute approximate surface area is 103 Å². The summed E-state index contributed by atoms with van der Waals surface area (Å²) < 4.78 is 1.04. The van der Waals surface area contributed by atoms with Gasteiger partial charge in [0, 0.05) is 4.47 Å². The predicted molar refractivity (Wildman–Crippen MR) is 65.5 cm³/mol. The Kier molecular flexibility index (Phi) is 2.70. The number of hydrogen-bond acceptors (Lipinski definition) is 1. The van der Waals surface area contributed by atoms with Gasteiger partial charge in [0.25, 0.3) is 0 Å². The second-order valence-corrected chi connectivity index (χ2v) is 5.81. The van der Waals surface area contributed by atoms with Gasteiger partial charge in [0.2, 0.25) is 0 Å². The summed E-state index contributed by atoms with van der Waals surface area (Å²) in [6.07, 6.45) is -0.0685. The quantitative estimate of drug-likeness (QED) is 0.831. The number of benzene rings is 1. The number of fused-ring (bicyclic) bond motifs is 1. The highest BCUT2D eigenvalue weighted by molar-refractivity contribution is 9.10. The van der Waals surface area contributed by atoms with Crippen molar-refractivity contribution < 1.29 is 9.90 Å². The Morgan fingerprint density at radius 2 is 2.25 bits per heavy atom. The molecule has 1 aromatic carbocycles. The first-order chi connectivity index (χ1) is 7.40. The number of nitrogens with one attached hydrogen (secondary N) is 1. The van der Waals surface area contributed by atoms with Crippen molar-refractivity contribution >= 4 is 22.0 Å². The maximum absolute atomic E-state index is 10.8. The minimum atomic E-state index is -0.964. The van der Waals surface area contributed by atoms with Crippen LogP contribution in [0.1, 0.15) is 31.0 Å². The van der Waals surface area contributed by atoms with Crippen molar-refractivity contribution in [3.63, 3.8) is 0 Å². The highest BCUT2D eigenvalue weighted by Crippen LogP contribution is 2.45. The molecule has 2 rings (SSSR count). The van der Waals surface area contributed by atoms with Gasteiger partial charge in [-0.1, -0.05) is 35.8 Å². The molecule has 0 saturated carbocycles. The lowest BCUT2D eigenvalue weighted by Crippen LogP contribution is -2.34. The summed E-state index contributed by atoms with van der Waals surface area (Å²) in [5.41, 5.74) is 2.25. The maximum atomic E-state index is 10.8. The van der Waals surface area contributed by atoms with Gasteiger partial charge < -0.3 is 10.4 Å². The molecule has 1 atom stereocenters. The van der Waals surface area contributed by atoms with Crippen molar-refractivity contribution in [2.75, 3.05) is 0 Å². The molecule has 4 heteroatoms. The van der Waals surface area contributed by atoms with E-state index < -0.39 is 6.09 Å². The second kappa shape index (κ2) is 3.77. The van der Waals surface area contributed by atoms with Gasteiger partial charge in [-0.05, 0) is 35.1 Å². The molecular weight excluding hydrogens is 270 g/mol. The number of amides is 1. The maximum Gasteiger partial charge on any atom is 0.405 e. The van der Waals surface area contributed by atoms with Crippen molar-refractivity contribution in [2.24, 2.45) is 5.41 Å². The van der Waals surface area contributed by atoms with E-state index in [2.05, 4.69) is 41.2 Å². The standard InChI is InChI=1S/C12H14BrNO2/c1-12(2)6-7-5-8(13)3-4-9(7)10(12)14-11(15)16/h3-5,10,14H,6H2,1-2H3,(H,15,16). The molecule has 3 nitrogen and oxygen atoms in total. The summed E-state index contributed by atoms with van der Waals surface area (Å²) in [7, 11) is 0. The number of rotatable bonds is 1. The SMILES string of the molecule is CC1(C)Cc2cc(Br)ccc2C1NC(=O)O. The molecule has 0 fully saturated rings. The Balaban J connectivity index is 2.41. The first kappa shape index (κ1) is 11.5. The Bertz CT molecular complexity index is 443. The molecule has 2 N–H and O–H groups in total. The van der Waals surface area contributed by atoms with Gasteiger partial charge >= 0.3 is 6.09 Å². The highest BCUT2D eigenvalue weighted by atomic mass is 79.9. The first-order valence-electron chi connectivity index (χ1n) is 5.18. The summed E-state index contributed by atoms with van der Waals surface area (Å²) in [6.45, 7) is 4.17. The van der Waals surface area contributed by atoms with Crippen LogP contribution in [0, 0.1) is 5.41 Å². The first-order valence-corrected chi connectivity index (χ1v) is 5.97. The molecule has 0 saturated heterocycles. The van der Waals surface area contributed by atoms with Crippen molar-refractivity contribution in [1.29, 1.82) is 0 Å². The van der Waals surface area contributed by atoms with E-state index in [4.69, 9.17) is 5.11 Å². The third-order valence-electron chi connectivity index (χ3n) is 3.11. The summed E-state index contributed by atoms with van der Waals surface area (Å²) in [6, 6.07) is 5.90. The molecule has 0 spiro atoms. The summed E-state index contributed by atoms with van der Waals surface area (Å²) in [5, 5.41) is 11.5. The molecule has 1 aliphatic rings. The smallest absolute Gasteiger partial charge is 0.405 e.